The third-order valence-electron chi connectivity index (χ3n) is 6.75. The van der Waals surface area contributed by atoms with E-state index in [2.05, 4.69) is 65.7 Å². The van der Waals surface area contributed by atoms with E-state index in [4.69, 9.17) is 0 Å². The number of carbonyl (C=O) groups excluding carboxylic acids is 1. The van der Waals surface area contributed by atoms with Gasteiger partial charge in [0, 0.05) is 44.0 Å². The van der Waals surface area contributed by atoms with Gasteiger partial charge < -0.3 is 15.5 Å². The van der Waals surface area contributed by atoms with Crippen molar-refractivity contribution in [1.82, 2.24) is 19.9 Å². The van der Waals surface area contributed by atoms with Crippen LogP contribution in [0.2, 0.25) is 0 Å². The molecule has 8 nitrogen and oxygen atoms in total. The Morgan fingerprint density at radius 3 is 2.53 bits per heavy atom. The van der Waals surface area contributed by atoms with E-state index in [1.54, 1.807) is 6.33 Å². The fraction of sp³-hybridized carbons (Fsp3) is 0.385. The number of likely N-dealkylation sites (tertiary alicyclic amines) is 1. The molecular formula is C26H31N7O. The summed E-state index contributed by atoms with van der Waals surface area (Å²) in [5.74, 6) is 1.75. The van der Waals surface area contributed by atoms with Crippen LogP contribution in [0.5, 0.6) is 0 Å². The topological polar surface area (TPSA) is 86.3 Å². The van der Waals surface area contributed by atoms with E-state index in [0.717, 1.165) is 43.9 Å². The lowest BCUT2D eigenvalue weighted by Gasteiger charge is -2.36. The fourth-order valence-electron chi connectivity index (χ4n) is 5.05. The summed E-state index contributed by atoms with van der Waals surface area (Å²) in [6.45, 7) is 5.72. The minimum atomic E-state index is -0.104. The lowest BCUT2D eigenvalue weighted by molar-refractivity contribution is -0.114. The average Bonchev–Trinajstić information content (AvgIpc) is 3.35. The van der Waals surface area contributed by atoms with Crippen LogP contribution in [0.15, 0.2) is 60.9 Å². The highest BCUT2D eigenvalue weighted by molar-refractivity contribution is 5.89. The highest BCUT2D eigenvalue weighted by Gasteiger charge is 2.31. The lowest BCUT2D eigenvalue weighted by atomic mass is 9.98. The molecule has 1 atom stereocenters. The largest absolute Gasteiger partial charge is 0.341 e. The van der Waals surface area contributed by atoms with Crippen LogP contribution >= 0.6 is 0 Å². The molecule has 2 fully saturated rings. The molecule has 3 heterocycles. The van der Waals surface area contributed by atoms with Gasteiger partial charge in [-0.2, -0.15) is 4.98 Å². The maximum Gasteiger partial charge on any atom is 0.231 e. The molecule has 34 heavy (non-hydrogen) atoms. The molecule has 2 N–H and O–H groups in total. The van der Waals surface area contributed by atoms with Crippen molar-refractivity contribution in [3.05, 3.63) is 66.5 Å². The molecule has 1 aromatic heterocycles. The molecule has 1 unspecified atom stereocenters. The number of anilines is 4. The van der Waals surface area contributed by atoms with Crippen molar-refractivity contribution in [2.75, 3.05) is 41.7 Å². The zero-order chi connectivity index (χ0) is 23.3. The maximum atomic E-state index is 11.3. The first-order valence-electron chi connectivity index (χ1n) is 12.0. The molecule has 0 radical (unpaired) electrons. The van der Waals surface area contributed by atoms with Gasteiger partial charge in [-0.25, -0.2) is 9.97 Å². The van der Waals surface area contributed by atoms with Crippen LogP contribution in [0, 0.1) is 0 Å². The predicted octanol–water partition coefficient (Wildman–Crippen LogP) is 4.03. The first kappa shape index (κ1) is 22.3. The number of amides is 1. The molecule has 5 rings (SSSR count). The third kappa shape index (κ3) is 5.34. The minimum absolute atomic E-state index is 0.104. The molecule has 8 heteroatoms. The first-order chi connectivity index (χ1) is 16.6. The molecule has 0 spiro atoms. The molecule has 2 aliphatic rings. The standard InChI is InChI=1S/C26H31N7O/c1-19(34)29-22-8-5-9-23(16-22)30-25-27-18-28-26(31-25)32-14-11-24(12-15-32)33-13-10-21(17-33)20-6-3-2-4-7-20/h2-9,16,18,21,24H,10-15,17H2,1H3,(H,29,34)(H,27,28,30,31). The molecule has 2 aliphatic heterocycles. The van der Waals surface area contributed by atoms with Crippen LogP contribution in [-0.2, 0) is 4.79 Å². The van der Waals surface area contributed by atoms with E-state index in [-0.39, 0.29) is 5.91 Å². The van der Waals surface area contributed by atoms with Crippen molar-refractivity contribution in [3.63, 3.8) is 0 Å². The summed E-state index contributed by atoms with van der Waals surface area (Å²) >= 11 is 0. The van der Waals surface area contributed by atoms with Crippen LogP contribution < -0.4 is 15.5 Å². The molecule has 0 aliphatic carbocycles. The predicted molar refractivity (Wildman–Crippen MR) is 134 cm³/mol. The molecule has 0 bridgehead atoms. The number of nitrogens with one attached hydrogen (secondary N) is 2. The Kier molecular flexibility index (Phi) is 6.67. The second-order valence-corrected chi connectivity index (χ2v) is 9.11. The minimum Gasteiger partial charge on any atom is -0.341 e. The fourth-order valence-corrected chi connectivity index (χ4v) is 5.05. The highest BCUT2D eigenvalue weighted by Crippen LogP contribution is 2.31. The van der Waals surface area contributed by atoms with Crippen LogP contribution in [0.3, 0.4) is 0 Å². The number of carbonyl (C=O) groups is 1. The summed E-state index contributed by atoms with van der Waals surface area (Å²) in [6.07, 6.45) is 5.04. The van der Waals surface area contributed by atoms with E-state index < -0.39 is 0 Å². The second kappa shape index (κ2) is 10.2. The summed E-state index contributed by atoms with van der Waals surface area (Å²) < 4.78 is 0. The Hall–Kier alpha value is -3.52. The molecular weight excluding hydrogens is 426 g/mol. The van der Waals surface area contributed by atoms with Gasteiger partial charge in [0.15, 0.2) is 0 Å². The van der Waals surface area contributed by atoms with Crippen molar-refractivity contribution >= 4 is 29.2 Å². The number of rotatable bonds is 6. The average molecular weight is 458 g/mol. The van der Waals surface area contributed by atoms with Gasteiger partial charge in [-0.15, -0.1) is 0 Å². The highest BCUT2D eigenvalue weighted by atomic mass is 16.1. The quantitative estimate of drug-likeness (QED) is 0.578. The summed E-state index contributed by atoms with van der Waals surface area (Å²) in [5, 5.41) is 6.01. The van der Waals surface area contributed by atoms with Gasteiger partial charge in [0.2, 0.25) is 17.8 Å². The van der Waals surface area contributed by atoms with Crippen LogP contribution in [0.4, 0.5) is 23.3 Å². The zero-order valence-corrected chi connectivity index (χ0v) is 19.5. The van der Waals surface area contributed by atoms with Gasteiger partial charge >= 0.3 is 0 Å². The summed E-state index contributed by atoms with van der Waals surface area (Å²) in [6, 6.07) is 19.0. The molecule has 1 amide bonds. The summed E-state index contributed by atoms with van der Waals surface area (Å²) in [7, 11) is 0. The van der Waals surface area contributed by atoms with Gasteiger partial charge in [0.25, 0.3) is 0 Å². The van der Waals surface area contributed by atoms with E-state index in [1.807, 2.05) is 24.3 Å². The molecule has 3 aromatic rings. The number of hydrogen-bond donors (Lipinski definition) is 2. The van der Waals surface area contributed by atoms with Crippen molar-refractivity contribution in [3.8, 4) is 0 Å². The maximum absolute atomic E-state index is 11.3. The monoisotopic (exact) mass is 457 g/mol. The van der Waals surface area contributed by atoms with E-state index in [0.29, 0.717) is 23.9 Å². The van der Waals surface area contributed by atoms with Crippen LogP contribution in [0.25, 0.3) is 0 Å². The van der Waals surface area contributed by atoms with E-state index in [1.165, 1.54) is 25.5 Å². The normalized spacial score (nSPS) is 19.2. The van der Waals surface area contributed by atoms with Gasteiger partial charge in [0.1, 0.15) is 6.33 Å². The van der Waals surface area contributed by atoms with E-state index >= 15 is 0 Å². The Labute approximate surface area is 200 Å². The van der Waals surface area contributed by atoms with Crippen molar-refractivity contribution in [1.29, 1.82) is 0 Å². The summed E-state index contributed by atoms with van der Waals surface area (Å²) in [4.78, 5) is 29.6. The van der Waals surface area contributed by atoms with Crippen molar-refractivity contribution in [2.45, 2.75) is 38.1 Å². The van der Waals surface area contributed by atoms with Gasteiger partial charge in [-0.3, -0.25) is 9.69 Å². The first-order valence-corrected chi connectivity index (χ1v) is 12.0. The van der Waals surface area contributed by atoms with Gasteiger partial charge in [0.05, 0.1) is 0 Å². The number of aromatic nitrogens is 3. The molecule has 176 valence electrons. The van der Waals surface area contributed by atoms with Crippen LogP contribution in [-0.4, -0.2) is 58.0 Å². The van der Waals surface area contributed by atoms with E-state index in [9.17, 15) is 4.79 Å². The Bertz CT molecular complexity index is 1110. The second-order valence-electron chi connectivity index (χ2n) is 9.11. The molecule has 0 saturated carbocycles. The number of hydrogen-bond acceptors (Lipinski definition) is 7. The molecule has 2 saturated heterocycles. The van der Waals surface area contributed by atoms with Crippen molar-refractivity contribution < 1.29 is 4.79 Å². The Balaban J connectivity index is 1.17. The number of nitrogens with zero attached hydrogens (tertiary/aromatic N) is 5. The number of benzene rings is 2. The molecule has 2 aromatic carbocycles. The Morgan fingerprint density at radius 1 is 0.941 bits per heavy atom. The number of piperidine rings is 1. The smallest absolute Gasteiger partial charge is 0.231 e. The van der Waals surface area contributed by atoms with Gasteiger partial charge in [-0.1, -0.05) is 36.4 Å². The zero-order valence-electron chi connectivity index (χ0n) is 19.5. The lowest BCUT2D eigenvalue weighted by Crippen LogP contribution is -2.44. The Morgan fingerprint density at radius 2 is 1.74 bits per heavy atom. The summed E-state index contributed by atoms with van der Waals surface area (Å²) in [5.41, 5.74) is 3.00. The van der Waals surface area contributed by atoms with Crippen LogP contribution in [0.1, 0.15) is 37.7 Å². The van der Waals surface area contributed by atoms with Crippen molar-refractivity contribution in [2.24, 2.45) is 0 Å². The third-order valence-corrected chi connectivity index (χ3v) is 6.75. The SMILES string of the molecule is CC(=O)Nc1cccc(Nc2ncnc(N3CCC(N4CCC(c5ccccc5)C4)CC3)n2)c1. The van der Waals surface area contributed by atoms with Gasteiger partial charge in [-0.05, 0) is 55.5 Å².